The summed E-state index contributed by atoms with van der Waals surface area (Å²) in [6.45, 7) is 1.96. The number of hydrogen-bond acceptors (Lipinski definition) is 5. The van der Waals surface area contributed by atoms with E-state index in [9.17, 15) is 15.2 Å². The van der Waals surface area contributed by atoms with Gasteiger partial charge in [0.25, 0.3) is 0 Å². The number of nitrogens with one attached hydrogen (secondary N) is 2. The van der Waals surface area contributed by atoms with Crippen molar-refractivity contribution in [1.82, 2.24) is 10.2 Å². The predicted octanol–water partition coefficient (Wildman–Crippen LogP) is 4.65. The van der Waals surface area contributed by atoms with Gasteiger partial charge in [0.15, 0.2) is 5.96 Å². The van der Waals surface area contributed by atoms with Crippen LogP contribution in [0.1, 0.15) is 53.7 Å². The summed E-state index contributed by atoms with van der Waals surface area (Å²) in [4.78, 5) is 15.8. The van der Waals surface area contributed by atoms with Gasteiger partial charge in [-0.15, -0.1) is 11.3 Å². The van der Waals surface area contributed by atoms with Gasteiger partial charge in [0.2, 0.25) is 5.91 Å². The molecule has 5 rings (SSSR count). The van der Waals surface area contributed by atoms with Gasteiger partial charge in [0.1, 0.15) is 0 Å². The summed E-state index contributed by atoms with van der Waals surface area (Å²) in [5.74, 6) is -0.637. The van der Waals surface area contributed by atoms with Gasteiger partial charge in [-0.05, 0) is 72.0 Å². The molecule has 6 nitrogen and oxygen atoms in total. The molecule has 1 aliphatic heterocycles. The molecule has 1 saturated carbocycles. The van der Waals surface area contributed by atoms with Crippen LogP contribution in [0.2, 0.25) is 0 Å². The summed E-state index contributed by atoms with van der Waals surface area (Å²) < 4.78 is 0. The number of thiophene rings is 1. The SMILES string of the molecule is CN1C(=N)N[C@](C)(c2cc(-c3cccc(C#N)c3)cs2)C(c2ccc(C3(O)CCC3)cc2)C1=O. The smallest absolute Gasteiger partial charge is 0.239 e. The number of nitriles is 1. The van der Waals surface area contributed by atoms with Gasteiger partial charge in [-0.3, -0.25) is 15.1 Å². The number of likely N-dealkylation sites (N-methyl/N-ethyl adjacent to an activating group) is 1. The Morgan fingerprint density at radius 2 is 1.91 bits per heavy atom. The van der Waals surface area contributed by atoms with E-state index < -0.39 is 17.1 Å². The molecule has 2 atom stereocenters. The first-order chi connectivity index (χ1) is 16.2. The molecule has 2 heterocycles. The molecule has 1 amide bonds. The van der Waals surface area contributed by atoms with Crippen molar-refractivity contribution in [2.45, 2.75) is 43.2 Å². The number of amides is 1. The second-order valence-corrected chi connectivity index (χ2v) is 10.3. The largest absolute Gasteiger partial charge is 0.385 e. The van der Waals surface area contributed by atoms with E-state index in [4.69, 9.17) is 5.41 Å². The van der Waals surface area contributed by atoms with Crippen LogP contribution in [0.15, 0.2) is 60.0 Å². The molecule has 0 bridgehead atoms. The maximum absolute atomic E-state index is 13.5. The van der Waals surface area contributed by atoms with Crippen molar-refractivity contribution in [3.63, 3.8) is 0 Å². The minimum atomic E-state index is -0.828. The summed E-state index contributed by atoms with van der Waals surface area (Å²) >= 11 is 1.53. The van der Waals surface area contributed by atoms with Gasteiger partial charge in [-0.1, -0.05) is 36.4 Å². The molecule has 34 heavy (non-hydrogen) atoms. The Hall–Kier alpha value is -3.47. The molecule has 1 aliphatic carbocycles. The van der Waals surface area contributed by atoms with E-state index in [1.165, 1.54) is 16.2 Å². The van der Waals surface area contributed by atoms with Crippen molar-refractivity contribution < 1.29 is 9.90 Å². The maximum atomic E-state index is 13.5. The Balaban J connectivity index is 1.55. The molecule has 0 radical (unpaired) electrons. The molecular formula is C27H26N4O2S. The van der Waals surface area contributed by atoms with E-state index in [0.717, 1.165) is 46.4 Å². The number of carbonyl (C=O) groups is 1. The minimum absolute atomic E-state index is 0.0607. The van der Waals surface area contributed by atoms with Gasteiger partial charge in [-0.2, -0.15) is 5.26 Å². The molecule has 172 valence electrons. The summed E-state index contributed by atoms with van der Waals surface area (Å²) in [7, 11) is 1.61. The molecular weight excluding hydrogens is 444 g/mol. The maximum Gasteiger partial charge on any atom is 0.239 e. The Bertz CT molecular complexity index is 1320. The molecule has 1 saturated heterocycles. The second kappa shape index (κ2) is 8.08. The van der Waals surface area contributed by atoms with E-state index in [1.807, 2.05) is 60.8 Å². The van der Waals surface area contributed by atoms with Crippen LogP contribution in [0, 0.1) is 16.7 Å². The van der Waals surface area contributed by atoms with Crippen LogP contribution >= 0.6 is 11.3 Å². The fourth-order valence-corrected chi connectivity index (χ4v) is 6.01. The van der Waals surface area contributed by atoms with Gasteiger partial charge in [0.05, 0.1) is 28.7 Å². The monoisotopic (exact) mass is 470 g/mol. The van der Waals surface area contributed by atoms with Crippen LogP contribution < -0.4 is 5.32 Å². The molecule has 3 N–H and O–H groups in total. The van der Waals surface area contributed by atoms with E-state index >= 15 is 0 Å². The van der Waals surface area contributed by atoms with Crippen LogP contribution in [-0.4, -0.2) is 28.9 Å². The normalized spacial score (nSPS) is 23.7. The first kappa shape index (κ1) is 22.3. The molecule has 1 unspecified atom stereocenters. The summed E-state index contributed by atoms with van der Waals surface area (Å²) in [6.07, 6.45) is 2.55. The van der Waals surface area contributed by atoms with Crippen LogP contribution in [0.25, 0.3) is 11.1 Å². The van der Waals surface area contributed by atoms with Crippen LogP contribution in [0.3, 0.4) is 0 Å². The highest BCUT2D eigenvalue weighted by Gasteiger charge is 2.49. The number of aliphatic hydroxyl groups is 1. The molecule has 2 fully saturated rings. The zero-order valence-electron chi connectivity index (χ0n) is 19.1. The zero-order valence-corrected chi connectivity index (χ0v) is 19.9. The van der Waals surface area contributed by atoms with Crippen molar-refractivity contribution >= 4 is 23.2 Å². The van der Waals surface area contributed by atoms with E-state index in [-0.39, 0.29) is 11.9 Å². The fraction of sp³-hybridized carbons (Fsp3) is 0.296. The number of nitrogens with zero attached hydrogens (tertiary/aromatic N) is 2. The standard InChI is InChI=1S/C27H26N4O2S/c1-26(22-14-20(16-34-22)19-6-3-5-17(13-19)15-28)23(24(32)31(2)25(29)30-26)18-7-9-21(10-8-18)27(33)11-4-12-27/h3,5-10,13-14,16,23,33H,4,11-12H2,1-2H3,(H2,29,30)/t23?,26-/m1/s1. The highest BCUT2D eigenvalue weighted by Crippen LogP contribution is 2.46. The van der Waals surface area contributed by atoms with Gasteiger partial charge in [0, 0.05) is 11.9 Å². The van der Waals surface area contributed by atoms with Crippen LogP contribution in [0.5, 0.6) is 0 Å². The molecule has 2 aromatic carbocycles. The quantitative estimate of drug-likeness (QED) is 0.517. The van der Waals surface area contributed by atoms with E-state index in [1.54, 1.807) is 13.1 Å². The van der Waals surface area contributed by atoms with Crippen molar-refractivity contribution in [2.24, 2.45) is 0 Å². The lowest BCUT2D eigenvalue weighted by Crippen LogP contribution is -2.62. The predicted molar refractivity (Wildman–Crippen MR) is 132 cm³/mol. The molecule has 3 aromatic rings. The summed E-state index contributed by atoms with van der Waals surface area (Å²) in [5.41, 5.74) is 2.65. The average Bonchev–Trinajstić information content (AvgIpc) is 3.33. The third kappa shape index (κ3) is 3.51. The van der Waals surface area contributed by atoms with Crippen molar-refractivity contribution in [2.75, 3.05) is 7.05 Å². The zero-order chi connectivity index (χ0) is 24.1. The summed E-state index contributed by atoms with van der Waals surface area (Å²) in [6, 6.07) is 19.4. The molecule has 0 spiro atoms. The molecule has 2 aliphatic rings. The Labute approximate surface area is 203 Å². The number of rotatable bonds is 4. The summed E-state index contributed by atoms with van der Waals surface area (Å²) in [5, 5.41) is 33.7. The lowest BCUT2D eigenvalue weighted by Gasteiger charge is -2.45. The van der Waals surface area contributed by atoms with Gasteiger partial charge in [-0.25, -0.2) is 0 Å². The van der Waals surface area contributed by atoms with Crippen molar-refractivity contribution in [3.8, 4) is 17.2 Å². The second-order valence-electron chi connectivity index (χ2n) is 9.41. The average molecular weight is 471 g/mol. The first-order valence-corrected chi connectivity index (χ1v) is 12.2. The minimum Gasteiger partial charge on any atom is -0.385 e. The Morgan fingerprint density at radius 3 is 2.56 bits per heavy atom. The number of carbonyl (C=O) groups excluding carboxylic acids is 1. The number of benzene rings is 2. The van der Waals surface area contributed by atoms with Crippen LogP contribution in [-0.2, 0) is 15.9 Å². The molecule has 1 aromatic heterocycles. The van der Waals surface area contributed by atoms with Gasteiger partial charge >= 0.3 is 0 Å². The third-order valence-corrected chi connectivity index (χ3v) is 8.43. The van der Waals surface area contributed by atoms with Crippen LogP contribution in [0.4, 0.5) is 0 Å². The lowest BCUT2D eigenvalue weighted by molar-refractivity contribution is -0.131. The lowest BCUT2D eigenvalue weighted by atomic mass is 9.73. The van der Waals surface area contributed by atoms with E-state index in [0.29, 0.717) is 5.56 Å². The first-order valence-electron chi connectivity index (χ1n) is 11.3. The topological polar surface area (TPSA) is 100 Å². The fourth-order valence-electron chi connectivity index (χ4n) is 4.95. The van der Waals surface area contributed by atoms with Crippen molar-refractivity contribution in [3.05, 3.63) is 81.5 Å². The Kier molecular flexibility index (Phi) is 5.31. The molecule has 7 heteroatoms. The third-order valence-electron chi connectivity index (χ3n) is 7.27. The highest BCUT2D eigenvalue weighted by atomic mass is 32.1. The number of guanidine groups is 1. The van der Waals surface area contributed by atoms with Crippen molar-refractivity contribution in [1.29, 1.82) is 10.7 Å². The number of hydrogen-bond donors (Lipinski definition) is 3. The Morgan fingerprint density at radius 1 is 1.18 bits per heavy atom. The van der Waals surface area contributed by atoms with E-state index in [2.05, 4.69) is 11.4 Å². The van der Waals surface area contributed by atoms with Gasteiger partial charge < -0.3 is 10.4 Å². The highest BCUT2D eigenvalue weighted by molar-refractivity contribution is 7.10.